The molecule has 1 N–H and O–H groups in total. The summed E-state index contributed by atoms with van der Waals surface area (Å²) in [6.07, 6.45) is 1.62. The van der Waals surface area contributed by atoms with E-state index in [4.69, 9.17) is 9.47 Å². The van der Waals surface area contributed by atoms with Crippen molar-refractivity contribution in [3.63, 3.8) is 0 Å². The molecule has 2 heterocycles. The van der Waals surface area contributed by atoms with E-state index in [1.807, 2.05) is 43.3 Å². The van der Waals surface area contributed by atoms with Gasteiger partial charge in [0.05, 0.1) is 31.9 Å². The van der Waals surface area contributed by atoms with Crippen LogP contribution in [0, 0.1) is 0 Å². The first-order valence-electron chi connectivity index (χ1n) is 8.41. The summed E-state index contributed by atoms with van der Waals surface area (Å²) in [5.74, 6) is 1.48. The lowest BCUT2D eigenvalue weighted by atomic mass is 10.1. The molecule has 1 aliphatic heterocycles. The van der Waals surface area contributed by atoms with Crippen molar-refractivity contribution in [2.75, 3.05) is 38.3 Å². The smallest absolute Gasteiger partial charge is 0.253 e. The Morgan fingerprint density at radius 1 is 1.24 bits per heavy atom. The number of ether oxygens (including phenoxy) is 2. The zero-order chi connectivity index (χ0) is 17.6. The molecule has 1 aromatic carbocycles. The molecule has 1 amide bonds. The maximum Gasteiger partial charge on any atom is 0.253 e. The minimum absolute atomic E-state index is 0.153. The van der Waals surface area contributed by atoms with E-state index in [-0.39, 0.29) is 11.9 Å². The predicted molar refractivity (Wildman–Crippen MR) is 96.1 cm³/mol. The van der Waals surface area contributed by atoms with Gasteiger partial charge in [-0.2, -0.15) is 0 Å². The number of aromatic nitrogens is 1. The van der Waals surface area contributed by atoms with E-state index < -0.39 is 0 Å². The summed E-state index contributed by atoms with van der Waals surface area (Å²) >= 11 is 0. The second kappa shape index (κ2) is 7.98. The number of para-hydroxylation sites is 1. The monoisotopic (exact) mass is 341 g/mol. The van der Waals surface area contributed by atoms with Gasteiger partial charge in [-0.05, 0) is 25.1 Å². The average molecular weight is 341 g/mol. The van der Waals surface area contributed by atoms with Crippen molar-refractivity contribution in [3.8, 4) is 5.75 Å². The first-order chi connectivity index (χ1) is 12.2. The fraction of sp³-hybridized carbons (Fsp3) is 0.368. The van der Waals surface area contributed by atoms with Gasteiger partial charge in [-0.25, -0.2) is 4.98 Å². The Kier molecular flexibility index (Phi) is 5.50. The van der Waals surface area contributed by atoms with Gasteiger partial charge >= 0.3 is 0 Å². The molecule has 25 heavy (non-hydrogen) atoms. The number of morpholine rings is 1. The molecule has 132 valence electrons. The number of amides is 1. The lowest BCUT2D eigenvalue weighted by molar-refractivity contribution is 0.0939. The highest BCUT2D eigenvalue weighted by Gasteiger charge is 2.16. The van der Waals surface area contributed by atoms with Crippen LogP contribution in [0.2, 0.25) is 0 Å². The van der Waals surface area contributed by atoms with Crippen LogP contribution >= 0.6 is 0 Å². The minimum Gasteiger partial charge on any atom is -0.496 e. The van der Waals surface area contributed by atoms with Crippen molar-refractivity contribution in [1.29, 1.82) is 0 Å². The summed E-state index contributed by atoms with van der Waals surface area (Å²) in [5, 5.41) is 2.99. The van der Waals surface area contributed by atoms with Crippen molar-refractivity contribution >= 4 is 11.7 Å². The number of methoxy groups -OCH3 is 1. The molecular formula is C19H23N3O3. The first-order valence-corrected chi connectivity index (χ1v) is 8.41. The molecule has 0 aliphatic carbocycles. The van der Waals surface area contributed by atoms with Crippen LogP contribution in [0.25, 0.3) is 0 Å². The number of nitrogens with one attached hydrogen (secondary N) is 1. The first kappa shape index (κ1) is 17.2. The van der Waals surface area contributed by atoms with Gasteiger partial charge in [0.25, 0.3) is 5.91 Å². The molecule has 1 atom stereocenters. The van der Waals surface area contributed by atoms with Gasteiger partial charge in [0.2, 0.25) is 0 Å². The molecule has 2 aromatic rings. The zero-order valence-electron chi connectivity index (χ0n) is 14.6. The molecular weight excluding hydrogens is 318 g/mol. The molecule has 1 saturated heterocycles. The fourth-order valence-corrected chi connectivity index (χ4v) is 2.88. The van der Waals surface area contributed by atoms with Crippen molar-refractivity contribution in [3.05, 3.63) is 53.7 Å². The Balaban J connectivity index is 1.66. The summed E-state index contributed by atoms with van der Waals surface area (Å²) in [6, 6.07) is 11.2. The highest BCUT2D eigenvalue weighted by atomic mass is 16.5. The molecule has 1 fully saturated rings. The number of benzene rings is 1. The Hall–Kier alpha value is -2.60. The molecule has 0 unspecified atom stereocenters. The molecule has 0 spiro atoms. The van der Waals surface area contributed by atoms with Gasteiger partial charge in [0.15, 0.2) is 0 Å². The molecule has 1 aliphatic rings. The fourth-order valence-electron chi connectivity index (χ4n) is 2.88. The summed E-state index contributed by atoms with van der Waals surface area (Å²) < 4.78 is 10.7. The Bertz CT molecular complexity index is 712. The van der Waals surface area contributed by atoms with Gasteiger partial charge in [-0.3, -0.25) is 4.79 Å². The van der Waals surface area contributed by atoms with Crippen LogP contribution in [0.3, 0.4) is 0 Å². The molecule has 6 heteroatoms. The number of hydrogen-bond acceptors (Lipinski definition) is 5. The Morgan fingerprint density at radius 2 is 2.00 bits per heavy atom. The molecule has 0 radical (unpaired) electrons. The molecule has 6 nitrogen and oxygen atoms in total. The number of pyridine rings is 1. The highest BCUT2D eigenvalue weighted by molar-refractivity contribution is 5.94. The van der Waals surface area contributed by atoms with Crippen molar-refractivity contribution in [2.45, 2.75) is 13.0 Å². The molecule has 0 saturated carbocycles. The van der Waals surface area contributed by atoms with Crippen LogP contribution in [-0.4, -0.2) is 44.3 Å². The Morgan fingerprint density at radius 3 is 2.68 bits per heavy atom. The summed E-state index contributed by atoms with van der Waals surface area (Å²) in [6.45, 7) is 5.00. The zero-order valence-corrected chi connectivity index (χ0v) is 14.6. The average Bonchev–Trinajstić information content (AvgIpc) is 2.68. The van der Waals surface area contributed by atoms with Crippen LogP contribution in [0.15, 0.2) is 42.6 Å². The SMILES string of the molecule is COc1ccccc1[C@@H](C)NC(=O)c1ccc(N2CCOCC2)nc1. The standard InChI is InChI=1S/C19H23N3O3/c1-14(16-5-3-4-6-17(16)24-2)21-19(23)15-7-8-18(20-13-15)22-9-11-25-12-10-22/h3-8,13-14H,9-12H2,1-2H3,(H,21,23)/t14-/m1/s1. The lowest BCUT2D eigenvalue weighted by Gasteiger charge is -2.27. The second-order valence-corrected chi connectivity index (χ2v) is 5.94. The lowest BCUT2D eigenvalue weighted by Crippen LogP contribution is -2.36. The maximum absolute atomic E-state index is 12.5. The number of anilines is 1. The third-order valence-electron chi connectivity index (χ3n) is 4.30. The van der Waals surface area contributed by atoms with Crippen molar-refractivity contribution in [1.82, 2.24) is 10.3 Å². The van der Waals surface area contributed by atoms with E-state index in [1.54, 1.807) is 13.3 Å². The number of nitrogens with zero attached hydrogens (tertiary/aromatic N) is 2. The quantitative estimate of drug-likeness (QED) is 0.905. The topological polar surface area (TPSA) is 63.7 Å². The van der Waals surface area contributed by atoms with Gasteiger partial charge in [-0.15, -0.1) is 0 Å². The third-order valence-corrected chi connectivity index (χ3v) is 4.30. The largest absolute Gasteiger partial charge is 0.496 e. The van der Waals surface area contributed by atoms with E-state index in [0.29, 0.717) is 18.8 Å². The predicted octanol–water partition coefficient (Wildman–Crippen LogP) is 2.42. The van der Waals surface area contributed by atoms with E-state index in [1.165, 1.54) is 0 Å². The van der Waals surface area contributed by atoms with Gasteiger partial charge in [-0.1, -0.05) is 18.2 Å². The van der Waals surface area contributed by atoms with Crippen LogP contribution < -0.4 is 15.0 Å². The Labute approximate surface area is 147 Å². The van der Waals surface area contributed by atoms with Gasteiger partial charge in [0.1, 0.15) is 11.6 Å². The van der Waals surface area contributed by atoms with Crippen LogP contribution in [-0.2, 0) is 4.74 Å². The minimum atomic E-state index is -0.164. The maximum atomic E-state index is 12.5. The van der Waals surface area contributed by atoms with Crippen molar-refractivity contribution < 1.29 is 14.3 Å². The van der Waals surface area contributed by atoms with Crippen LogP contribution in [0.5, 0.6) is 5.75 Å². The van der Waals surface area contributed by atoms with Crippen LogP contribution in [0.1, 0.15) is 28.9 Å². The van der Waals surface area contributed by atoms with E-state index in [2.05, 4.69) is 15.2 Å². The van der Waals surface area contributed by atoms with E-state index in [0.717, 1.165) is 30.2 Å². The molecule has 3 rings (SSSR count). The summed E-state index contributed by atoms with van der Waals surface area (Å²) in [7, 11) is 1.63. The van der Waals surface area contributed by atoms with E-state index in [9.17, 15) is 4.79 Å². The molecule has 1 aromatic heterocycles. The second-order valence-electron chi connectivity index (χ2n) is 5.94. The summed E-state index contributed by atoms with van der Waals surface area (Å²) in [5.41, 5.74) is 1.48. The third kappa shape index (κ3) is 4.09. The van der Waals surface area contributed by atoms with Crippen molar-refractivity contribution in [2.24, 2.45) is 0 Å². The molecule has 0 bridgehead atoms. The highest BCUT2D eigenvalue weighted by Crippen LogP contribution is 2.24. The number of hydrogen-bond donors (Lipinski definition) is 1. The number of carbonyl (C=O) groups is 1. The van der Waals surface area contributed by atoms with E-state index >= 15 is 0 Å². The van der Waals surface area contributed by atoms with Crippen LogP contribution in [0.4, 0.5) is 5.82 Å². The number of carbonyl (C=O) groups excluding carboxylic acids is 1. The normalized spacial score (nSPS) is 15.5. The number of rotatable bonds is 5. The van der Waals surface area contributed by atoms with Gasteiger partial charge in [0, 0.05) is 24.8 Å². The summed E-state index contributed by atoms with van der Waals surface area (Å²) in [4.78, 5) is 19.1. The van der Waals surface area contributed by atoms with Gasteiger partial charge < -0.3 is 19.7 Å².